The smallest absolute Gasteiger partial charge is 0.266 e. The third-order valence-corrected chi connectivity index (χ3v) is 6.48. The lowest BCUT2D eigenvalue weighted by molar-refractivity contribution is -0.122. The summed E-state index contributed by atoms with van der Waals surface area (Å²) in [6, 6.07) is 13.3. The molecular formula is C25H27Cl3N4O3S. The number of benzene rings is 2. The van der Waals surface area contributed by atoms with Gasteiger partial charge in [0.25, 0.3) is 11.8 Å². The Labute approximate surface area is 230 Å². The summed E-state index contributed by atoms with van der Waals surface area (Å²) >= 11 is 23.7. The van der Waals surface area contributed by atoms with Crippen molar-refractivity contribution in [3.63, 3.8) is 0 Å². The van der Waals surface area contributed by atoms with Gasteiger partial charge < -0.3 is 16.0 Å². The van der Waals surface area contributed by atoms with Crippen LogP contribution in [-0.2, 0) is 4.79 Å². The second kappa shape index (κ2) is 12.7. The first-order chi connectivity index (χ1) is 17.1. The van der Waals surface area contributed by atoms with E-state index in [1.165, 1.54) is 0 Å². The van der Waals surface area contributed by atoms with Gasteiger partial charge in [-0.1, -0.05) is 91.7 Å². The quantitative estimate of drug-likeness (QED) is 0.108. The minimum absolute atomic E-state index is 0.0265. The molecule has 2 aromatic carbocycles. The van der Waals surface area contributed by atoms with Gasteiger partial charge in [0, 0.05) is 6.42 Å². The largest absolute Gasteiger partial charge is 0.339 e. The zero-order chi connectivity index (χ0) is 26.3. The van der Waals surface area contributed by atoms with Crippen LogP contribution < -0.4 is 20.9 Å². The van der Waals surface area contributed by atoms with E-state index in [1.54, 1.807) is 48.5 Å². The van der Waals surface area contributed by atoms with Gasteiger partial charge in [0.15, 0.2) is 5.11 Å². The van der Waals surface area contributed by atoms with E-state index in [-0.39, 0.29) is 11.0 Å². The minimum atomic E-state index is -1.90. The van der Waals surface area contributed by atoms with Crippen molar-refractivity contribution in [3.05, 3.63) is 59.7 Å². The molecule has 1 aliphatic heterocycles. The number of halogens is 3. The van der Waals surface area contributed by atoms with E-state index in [9.17, 15) is 14.4 Å². The molecule has 1 aliphatic rings. The van der Waals surface area contributed by atoms with Crippen LogP contribution >= 0.6 is 47.0 Å². The molecule has 1 heterocycles. The Morgan fingerprint density at radius 2 is 1.50 bits per heavy atom. The van der Waals surface area contributed by atoms with Gasteiger partial charge in [0.1, 0.15) is 6.17 Å². The molecule has 11 heteroatoms. The number of imide groups is 1. The normalized spacial score (nSPS) is 13.8. The fraction of sp³-hybridized carbons (Fsp3) is 0.360. The molecule has 0 bridgehead atoms. The molecule has 3 rings (SSSR count). The number of hydrogen-bond donors (Lipinski definition) is 3. The first kappa shape index (κ1) is 28.2. The van der Waals surface area contributed by atoms with Gasteiger partial charge in [-0.05, 0) is 42.9 Å². The maximum absolute atomic E-state index is 12.9. The van der Waals surface area contributed by atoms with Crippen LogP contribution in [0.4, 0.5) is 11.4 Å². The number of para-hydroxylation sites is 2. The monoisotopic (exact) mass is 568 g/mol. The third-order valence-electron chi connectivity index (χ3n) is 5.60. The highest BCUT2D eigenvalue weighted by Crippen LogP contribution is 2.34. The Kier molecular flexibility index (Phi) is 9.96. The highest BCUT2D eigenvalue weighted by molar-refractivity contribution is 7.80. The van der Waals surface area contributed by atoms with Gasteiger partial charge in [-0.3, -0.25) is 14.4 Å². The number of carbonyl (C=O) groups is 3. The summed E-state index contributed by atoms with van der Waals surface area (Å²) in [5.74, 6) is -1.15. The number of unbranched alkanes of at least 4 members (excludes halogenated alkanes) is 4. The van der Waals surface area contributed by atoms with Crippen LogP contribution in [0.25, 0.3) is 0 Å². The predicted octanol–water partition coefficient (Wildman–Crippen LogP) is 5.95. The molecule has 192 valence electrons. The fourth-order valence-corrected chi connectivity index (χ4v) is 4.35. The molecule has 3 amide bonds. The van der Waals surface area contributed by atoms with E-state index in [1.807, 2.05) is 0 Å². The third kappa shape index (κ3) is 7.09. The van der Waals surface area contributed by atoms with Crippen LogP contribution in [0.2, 0.25) is 0 Å². The average Bonchev–Trinajstić information content (AvgIpc) is 3.08. The Balaban J connectivity index is 1.68. The molecule has 1 unspecified atom stereocenters. The number of anilines is 2. The molecule has 0 aromatic heterocycles. The summed E-state index contributed by atoms with van der Waals surface area (Å²) in [6.07, 6.45) is 4.17. The van der Waals surface area contributed by atoms with E-state index in [4.69, 9.17) is 47.0 Å². The molecule has 0 aliphatic carbocycles. The van der Waals surface area contributed by atoms with Crippen molar-refractivity contribution in [1.82, 2.24) is 10.6 Å². The number of nitrogens with zero attached hydrogens (tertiary/aromatic N) is 1. The Hall–Kier alpha value is -2.39. The molecule has 0 fully saturated rings. The van der Waals surface area contributed by atoms with E-state index in [0.717, 1.165) is 37.0 Å². The van der Waals surface area contributed by atoms with Crippen molar-refractivity contribution in [2.75, 3.05) is 10.2 Å². The topological polar surface area (TPSA) is 90.5 Å². The first-order valence-corrected chi connectivity index (χ1v) is 13.2. The maximum atomic E-state index is 12.9. The maximum Gasteiger partial charge on any atom is 0.266 e. The first-order valence-electron chi connectivity index (χ1n) is 11.6. The second-order valence-corrected chi connectivity index (χ2v) is 11.1. The van der Waals surface area contributed by atoms with Gasteiger partial charge >= 0.3 is 0 Å². The highest BCUT2D eigenvalue weighted by Gasteiger charge is 2.38. The molecule has 36 heavy (non-hydrogen) atoms. The summed E-state index contributed by atoms with van der Waals surface area (Å²) < 4.78 is -1.90. The molecule has 2 aromatic rings. The summed E-state index contributed by atoms with van der Waals surface area (Å²) in [6.45, 7) is 2.12. The van der Waals surface area contributed by atoms with Crippen molar-refractivity contribution in [3.8, 4) is 0 Å². The van der Waals surface area contributed by atoms with Crippen LogP contribution in [0, 0.1) is 0 Å². The van der Waals surface area contributed by atoms with E-state index in [0.29, 0.717) is 28.9 Å². The second-order valence-electron chi connectivity index (χ2n) is 8.31. The molecule has 0 saturated carbocycles. The Morgan fingerprint density at radius 3 is 2.11 bits per heavy atom. The lowest BCUT2D eigenvalue weighted by Gasteiger charge is -2.28. The molecular weight excluding hydrogens is 543 g/mol. The number of thiocarbonyl (C=S) groups is 1. The van der Waals surface area contributed by atoms with Crippen LogP contribution in [0.5, 0.6) is 0 Å². The molecule has 1 atom stereocenters. The average molecular weight is 570 g/mol. The number of amides is 3. The van der Waals surface area contributed by atoms with Gasteiger partial charge in [-0.2, -0.15) is 0 Å². The van der Waals surface area contributed by atoms with E-state index < -0.39 is 21.8 Å². The van der Waals surface area contributed by atoms with Crippen molar-refractivity contribution in [1.29, 1.82) is 0 Å². The van der Waals surface area contributed by atoms with Gasteiger partial charge in [-0.25, -0.2) is 4.90 Å². The van der Waals surface area contributed by atoms with E-state index >= 15 is 0 Å². The predicted molar refractivity (Wildman–Crippen MR) is 149 cm³/mol. The van der Waals surface area contributed by atoms with Gasteiger partial charge in [-0.15, -0.1) is 0 Å². The number of alkyl halides is 3. The standard InChI is InChI=1S/C25H27Cl3N4O3S/c1-2-3-4-5-6-15-20(33)30-23(25(26,27)28)31-24(36)29-18-13-9-10-14-19(18)32-21(34)16-11-7-8-12-17(16)22(32)35/h7-14,23H,2-6,15H2,1H3,(H,30,33)(H2,29,31,36). The van der Waals surface area contributed by atoms with Gasteiger partial charge in [0.05, 0.1) is 22.5 Å². The Bertz CT molecular complexity index is 1100. The summed E-state index contributed by atoms with van der Waals surface area (Å²) in [5.41, 5.74) is 1.35. The van der Waals surface area contributed by atoms with E-state index in [2.05, 4.69) is 22.9 Å². The molecule has 0 saturated heterocycles. The lowest BCUT2D eigenvalue weighted by atomic mass is 10.1. The molecule has 3 N–H and O–H groups in total. The van der Waals surface area contributed by atoms with Crippen LogP contribution in [-0.4, -0.2) is 32.8 Å². The highest BCUT2D eigenvalue weighted by atomic mass is 35.6. The van der Waals surface area contributed by atoms with Crippen molar-refractivity contribution < 1.29 is 14.4 Å². The minimum Gasteiger partial charge on any atom is -0.339 e. The number of fused-ring (bicyclic) bond motifs is 1. The zero-order valence-corrected chi connectivity index (χ0v) is 22.7. The van der Waals surface area contributed by atoms with Crippen LogP contribution in [0.1, 0.15) is 66.2 Å². The van der Waals surface area contributed by atoms with Crippen LogP contribution in [0.15, 0.2) is 48.5 Å². The van der Waals surface area contributed by atoms with Crippen molar-refractivity contribution >= 4 is 81.2 Å². The molecule has 7 nitrogen and oxygen atoms in total. The SMILES string of the molecule is CCCCCCCC(=O)NC(NC(=S)Nc1ccccc1N1C(=O)c2ccccc2C1=O)C(Cl)(Cl)Cl. The lowest BCUT2D eigenvalue weighted by Crippen LogP contribution is -2.56. The summed E-state index contributed by atoms with van der Waals surface area (Å²) in [7, 11) is 0. The molecule has 0 spiro atoms. The van der Waals surface area contributed by atoms with Gasteiger partial charge in [0.2, 0.25) is 9.70 Å². The number of nitrogens with one attached hydrogen (secondary N) is 3. The summed E-state index contributed by atoms with van der Waals surface area (Å²) in [4.78, 5) is 39.4. The van der Waals surface area contributed by atoms with Crippen LogP contribution in [0.3, 0.4) is 0 Å². The molecule has 0 radical (unpaired) electrons. The number of rotatable bonds is 10. The summed E-state index contributed by atoms with van der Waals surface area (Å²) in [5, 5.41) is 8.45. The Morgan fingerprint density at radius 1 is 0.917 bits per heavy atom. The number of carbonyl (C=O) groups excluding carboxylic acids is 3. The van der Waals surface area contributed by atoms with Crippen molar-refractivity contribution in [2.45, 2.75) is 55.4 Å². The fourth-order valence-electron chi connectivity index (χ4n) is 3.79. The zero-order valence-electron chi connectivity index (χ0n) is 19.7. The number of hydrogen-bond acceptors (Lipinski definition) is 4. The van der Waals surface area contributed by atoms with Crippen molar-refractivity contribution in [2.24, 2.45) is 0 Å².